The van der Waals surface area contributed by atoms with Crippen LogP contribution in [0.3, 0.4) is 0 Å². The molecule has 1 rings (SSSR count). The van der Waals surface area contributed by atoms with Crippen molar-refractivity contribution in [2.45, 2.75) is 13.3 Å². The number of pyridine rings is 1. The molecular formula is C8H12ClN3. The standard InChI is InChI=1S/C8H12ClN3/c1-2-3-12-8-6(9)4-11-5-7(8)10/h4-5H,2-3,10H2,1H3,(H,11,12). The molecule has 66 valence electrons. The fourth-order valence-corrected chi connectivity index (χ4v) is 1.12. The monoisotopic (exact) mass is 185 g/mol. The lowest BCUT2D eigenvalue weighted by Crippen LogP contribution is -2.03. The number of hydrogen-bond acceptors (Lipinski definition) is 3. The van der Waals surface area contributed by atoms with Crippen molar-refractivity contribution in [1.29, 1.82) is 0 Å². The molecule has 0 aromatic carbocycles. The molecule has 0 aliphatic carbocycles. The number of nitrogens with two attached hydrogens (primary N) is 1. The Balaban J connectivity index is 2.81. The summed E-state index contributed by atoms with van der Waals surface area (Å²) in [6.07, 6.45) is 4.21. The Morgan fingerprint density at radius 1 is 1.58 bits per heavy atom. The molecule has 0 spiro atoms. The number of nitrogens with zero attached hydrogens (tertiary/aromatic N) is 1. The molecule has 1 aromatic rings. The lowest BCUT2D eigenvalue weighted by atomic mass is 10.3. The number of aromatic nitrogens is 1. The molecule has 3 nitrogen and oxygen atoms in total. The van der Waals surface area contributed by atoms with E-state index in [9.17, 15) is 0 Å². The highest BCUT2D eigenvalue weighted by Crippen LogP contribution is 2.26. The minimum atomic E-state index is 0.573. The number of anilines is 2. The van der Waals surface area contributed by atoms with E-state index < -0.39 is 0 Å². The Hall–Kier alpha value is -0.960. The first-order valence-electron chi connectivity index (χ1n) is 3.88. The third-order valence-corrected chi connectivity index (χ3v) is 1.77. The van der Waals surface area contributed by atoms with Crippen molar-refractivity contribution < 1.29 is 0 Å². The Kier molecular flexibility index (Phi) is 3.17. The van der Waals surface area contributed by atoms with Crippen molar-refractivity contribution in [2.24, 2.45) is 0 Å². The van der Waals surface area contributed by atoms with Crippen LogP contribution in [0.25, 0.3) is 0 Å². The Bertz CT molecular complexity index is 242. The average Bonchev–Trinajstić information content (AvgIpc) is 2.04. The average molecular weight is 186 g/mol. The molecule has 0 aliphatic rings. The van der Waals surface area contributed by atoms with Gasteiger partial charge in [-0.2, -0.15) is 0 Å². The minimum absolute atomic E-state index is 0.573. The van der Waals surface area contributed by atoms with Gasteiger partial charge in [-0.25, -0.2) is 0 Å². The topological polar surface area (TPSA) is 50.9 Å². The van der Waals surface area contributed by atoms with Crippen LogP contribution >= 0.6 is 11.6 Å². The highest BCUT2D eigenvalue weighted by molar-refractivity contribution is 6.33. The molecule has 0 unspecified atom stereocenters. The molecule has 12 heavy (non-hydrogen) atoms. The SMILES string of the molecule is CCCNc1c(N)cncc1Cl. The maximum absolute atomic E-state index is 5.86. The fraction of sp³-hybridized carbons (Fsp3) is 0.375. The highest BCUT2D eigenvalue weighted by atomic mass is 35.5. The first-order valence-corrected chi connectivity index (χ1v) is 4.26. The largest absolute Gasteiger partial charge is 0.396 e. The van der Waals surface area contributed by atoms with E-state index in [0.717, 1.165) is 18.7 Å². The maximum atomic E-state index is 5.86. The second kappa shape index (κ2) is 4.16. The number of halogens is 1. The van der Waals surface area contributed by atoms with E-state index in [2.05, 4.69) is 17.2 Å². The van der Waals surface area contributed by atoms with Crippen LogP contribution < -0.4 is 11.1 Å². The smallest absolute Gasteiger partial charge is 0.0841 e. The molecule has 0 radical (unpaired) electrons. The van der Waals surface area contributed by atoms with Gasteiger partial charge < -0.3 is 11.1 Å². The molecule has 1 aromatic heterocycles. The molecular weight excluding hydrogens is 174 g/mol. The summed E-state index contributed by atoms with van der Waals surface area (Å²) >= 11 is 5.86. The van der Waals surface area contributed by atoms with Crippen LogP contribution in [0.5, 0.6) is 0 Å². The zero-order valence-corrected chi connectivity index (χ0v) is 7.73. The van der Waals surface area contributed by atoms with Crippen LogP contribution in [0.2, 0.25) is 5.02 Å². The zero-order valence-electron chi connectivity index (χ0n) is 6.97. The Labute approximate surface area is 76.9 Å². The van der Waals surface area contributed by atoms with Gasteiger partial charge in [-0.3, -0.25) is 4.98 Å². The second-order valence-electron chi connectivity index (χ2n) is 2.51. The summed E-state index contributed by atoms with van der Waals surface area (Å²) in [6, 6.07) is 0. The van der Waals surface area contributed by atoms with Crippen molar-refractivity contribution >= 4 is 23.0 Å². The van der Waals surface area contributed by atoms with E-state index in [1.54, 1.807) is 12.4 Å². The van der Waals surface area contributed by atoms with Gasteiger partial charge in [0.1, 0.15) is 0 Å². The van der Waals surface area contributed by atoms with Crippen LogP contribution in [0.15, 0.2) is 12.4 Å². The summed E-state index contributed by atoms with van der Waals surface area (Å²) in [5.74, 6) is 0. The molecule has 1 heterocycles. The quantitative estimate of drug-likeness (QED) is 0.759. The van der Waals surface area contributed by atoms with Crippen molar-refractivity contribution in [3.8, 4) is 0 Å². The van der Waals surface area contributed by atoms with E-state index in [-0.39, 0.29) is 0 Å². The summed E-state index contributed by atoms with van der Waals surface area (Å²) in [6.45, 7) is 2.95. The number of nitrogen functional groups attached to an aromatic ring is 1. The van der Waals surface area contributed by atoms with Gasteiger partial charge in [-0.05, 0) is 6.42 Å². The van der Waals surface area contributed by atoms with Crippen LogP contribution in [-0.2, 0) is 0 Å². The lowest BCUT2D eigenvalue weighted by molar-refractivity contribution is 0.979. The highest BCUT2D eigenvalue weighted by Gasteiger charge is 2.02. The van der Waals surface area contributed by atoms with Crippen LogP contribution in [0.4, 0.5) is 11.4 Å². The first kappa shape index (κ1) is 9.13. The predicted molar refractivity (Wildman–Crippen MR) is 52.4 cm³/mol. The maximum Gasteiger partial charge on any atom is 0.0841 e. The summed E-state index contributed by atoms with van der Waals surface area (Å²) < 4.78 is 0. The Morgan fingerprint density at radius 2 is 2.33 bits per heavy atom. The normalized spacial score (nSPS) is 9.83. The Morgan fingerprint density at radius 3 is 2.92 bits per heavy atom. The molecule has 4 heteroatoms. The molecule has 3 N–H and O–H groups in total. The molecule has 0 fully saturated rings. The molecule has 0 saturated carbocycles. The predicted octanol–water partition coefficient (Wildman–Crippen LogP) is 2.14. The van der Waals surface area contributed by atoms with E-state index in [0.29, 0.717) is 10.7 Å². The van der Waals surface area contributed by atoms with Gasteiger partial charge in [0.05, 0.1) is 22.6 Å². The van der Waals surface area contributed by atoms with E-state index >= 15 is 0 Å². The molecule has 0 bridgehead atoms. The van der Waals surface area contributed by atoms with Gasteiger partial charge in [0.15, 0.2) is 0 Å². The third-order valence-electron chi connectivity index (χ3n) is 1.48. The number of hydrogen-bond donors (Lipinski definition) is 2. The molecule has 0 saturated heterocycles. The van der Waals surface area contributed by atoms with Crippen molar-refractivity contribution in [1.82, 2.24) is 4.98 Å². The fourth-order valence-electron chi connectivity index (χ4n) is 0.886. The summed E-state index contributed by atoms with van der Waals surface area (Å²) in [7, 11) is 0. The molecule has 0 atom stereocenters. The van der Waals surface area contributed by atoms with Gasteiger partial charge in [0.25, 0.3) is 0 Å². The van der Waals surface area contributed by atoms with Gasteiger partial charge in [0.2, 0.25) is 0 Å². The second-order valence-corrected chi connectivity index (χ2v) is 2.92. The van der Waals surface area contributed by atoms with Crippen LogP contribution in [0, 0.1) is 0 Å². The summed E-state index contributed by atoms with van der Waals surface area (Å²) in [5.41, 5.74) is 7.03. The summed E-state index contributed by atoms with van der Waals surface area (Å²) in [4.78, 5) is 3.86. The molecule has 0 amide bonds. The minimum Gasteiger partial charge on any atom is -0.396 e. The first-order chi connectivity index (χ1) is 5.75. The van der Waals surface area contributed by atoms with Crippen molar-refractivity contribution in [3.05, 3.63) is 17.4 Å². The van der Waals surface area contributed by atoms with Crippen molar-refractivity contribution in [2.75, 3.05) is 17.6 Å². The number of rotatable bonds is 3. The van der Waals surface area contributed by atoms with Crippen LogP contribution in [0.1, 0.15) is 13.3 Å². The van der Waals surface area contributed by atoms with Gasteiger partial charge in [-0.1, -0.05) is 18.5 Å². The molecule has 0 aliphatic heterocycles. The van der Waals surface area contributed by atoms with Gasteiger partial charge in [-0.15, -0.1) is 0 Å². The van der Waals surface area contributed by atoms with E-state index in [4.69, 9.17) is 17.3 Å². The van der Waals surface area contributed by atoms with Crippen LogP contribution in [-0.4, -0.2) is 11.5 Å². The zero-order chi connectivity index (χ0) is 8.97. The van der Waals surface area contributed by atoms with E-state index in [1.807, 2.05) is 0 Å². The number of nitrogens with one attached hydrogen (secondary N) is 1. The van der Waals surface area contributed by atoms with E-state index in [1.165, 1.54) is 0 Å². The van der Waals surface area contributed by atoms with Gasteiger partial charge in [0, 0.05) is 12.7 Å². The summed E-state index contributed by atoms with van der Waals surface area (Å²) in [5, 5.41) is 3.71. The van der Waals surface area contributed by atoms with Crippen molar-refractivity contribution in [3.63, 3.8) is 0 Å². The lowest BCUT2D eigenvalue weighted by Gasteiger charge is -2.08. The third kappa shape index (κ3) is 2.01. The van der Waals surface area contributed by atoms with Gasteiger partial charge >= 0.3 is 0 Å².